The summed E-state index contributed by atoms with van der Waals surface area (Å²) in [5, 5.41) is 2.82. The van der Waals surface area contributed by atoms with Gasteiger partial charge in [-0.05, 0) is 5.56 Å². The highest BCUT2D eigenvalue weighted by Crippen LogP contribution is 2.37. The average Bonchev–Trinajstić information content (AvgIpc) is 2.82. The number of rotatable bonds is 2. The van der Waals surface area contributed by atoms with Crippen molar-refractivity contribution in [3.63, 3.8) is 0 Å². The molecule has 1 heterocycles. The summed E-state index contributed by atoms with van der Waals surface area (Å²) in [4.78, 5) is 0. The Bertz CT molecular complexity index is 307. The Kier molecular flexibility index (Phi) is 2.23. The van der Waals surface area contributed by atoms with E-state index in [2.05, 4.69) is 5.32 Å². The zero-order valence-corrected chi connectivity index (χ0v) is 7.38. The molecule has 0 aliphatic carbocycles. The monoisotopic (exact) mass is 201 g/mol. The Labute approximate surface area is 79.9 Å². The lowest BCUT2D eigenvalue weighted by Gasteiger charge is -2.03. The second-order valence-electron chi connectivity index (χ2n) is 3.48. The molecule has 1 aromatic carbocycles. The van der Waals surface area contributed by atoms with Gasteiger partial charge in [0.15, 0.2) is 0 Å². The lowest BCUT2D eigenvalue weighted by Crippen LogP contribution is -2.12. The van der Waals surface area contributed by atoms with E-state index in [0.29, 0.717) is 0 Å². The lowest BCUT2D eigenvalue weighted by molar-refractivity contribution is -0.134. The van der Waals surface area contributed by atoms with Gasteiger partial charge in [0.05, 0.1) is 6.42 Å². The highest BCUT2D eigenvalue weighted by molar-refractivity contribution is 5.26. The van der Waals surface area contributed by atoms with E-state index in [4.69, 9.17) is 0 Å². The van der Waals surface area contributed by atoms with Crippen LogP contribution in [0.1, 0.15) is 18.0 Å². The first-order valence-corrected chi connectivity index (χ1v) is 4.44. The minimum Gasteiger partial charge on any atom is -0.304 e. The molecule has 76 valence electrons. The van der Waals surface area contributed by atoms with Crippen LogP contribution in [0.2, 0.25) is 0 Å². The largest absolute Gasteiger partial charge is 0.390 e. The van der Waals surface area contributed by atoms with Gasteiger partial charge in [-0.2, -0.15) is 13.2 Å². The topological polar surface area (TPSA) is 21.9 Å². The van der Waals surface area contributed by atoms with Crippen LogP contribution >= 0.6 is 0 Å². The molecule has 0 radical (unpaired) electrons. The Morgan fingerprint density at radius 1 is 1.14 bits per heavy atom. The number of nitrogens with one attached hydrogen (secondary N) is 1. The Hall–Kier alpha value is -1.03. The van der Waals surface area contributed by atoms with E-state index in [-0.39, 0.29) is 6.04 Å². The van der Waals surface area contributed by atoms with Gasteiger partial charge in [0.1, 0.15) is 0 Å². The van der Waals surface area contributed by atoms with Gasteiger partial charge in [-0.1, -0.05) is 30.3 Å². The second kappa shape index (κ2) is 3.28. The molecule has 1 N–H and O–H groups in total. The third kappa shape index (κ3) is 2.26. The van der Waals surface area contributed by atoms with Crippen molar-refractivity contribution in [2.24, 2.45) is 0 Å². The molecule has 0 amide bonds. The molecule has 4 heteroatoms. The van der Waals surface area contributed by atoms with Gasteiger partial charge in [-0.3, -0.25) is 0 Å². The van der Waals surface area contributed by atoms with E-state index >= 15 is 0 Å². The molecule has 0 bridgehead atoms. The van der Waals surface area contributed by atoms with Crippen molar-refractivity contribution >= 4 is 0 Å². The molecule has 0 spiro atoms. The number of hydrogen-bond acceptors (Lipinski definition) is 1. The molecule has 1 aliphatic heterocycles. The highest BCUT2D eigenvalue weighted by Gasteiger charge is 2.45. The van der Waals surface area contributed by atoms with E-state index in [1.54, 1.807) is 0 Å². The molecular formula is C10H10F3N. The average molecular weight is 201 g/mol. The standard InChI is InChI=1S/C10H10F3N/c11-10(12,13)6-8-9(14-8)7-4-2-1-3-5-7/h1-5,8-9,14H,6H2/t8-,9+/m0/s1. The predicted molar refractivity (Wildman–Crippen MR) is 46.8 cm³/mol. The van der Waals surface area contributed by atoms with Crippen molar-refractivity contribution in [3.05, 3.63) is 35.9 Å². The number of halogens is 3. The molecule has 0 unspecified atom stereocenters. The zero-order chi connectivity index (χ0) is 10.2. The van der Waals surface area contributed by atoms with Crippen LogP contribution in [0.15, 0.2) is 30.3 Å². The molecule has 0 aromatic heterocycles. The predicted octanol–water partition coefficient (Wildman–Crippen LogP) is 2.65. The van der Waals surface area contributed by atoms with Crippen LogP contribution in [0.4, 0.5) is 13.2 Å². The summed E-state index contributed by atoms with van der Waals surface area (Å²) in [7, 11) is 0. The molecule has 0 saturated carbocycles. The van der Waals surface area contributed by atoms with Crippen LogP contribution in [0.5, 0.6) is 0 Å². The molecule has 2 rings (SSSR count). The van der Waals surface area contributed by atoms with Crippen molar-refractivity contribution in [1.29, 1.82) is 0 Å². The quantitative estimate of drug-likeness (QED) is 0.730. The van der Waals surface area contributed by atoms with Gasteiger partial charge in [-0.25, -0.2) is 0 Å². The third-order valence-electron chi connectivity index (χ3n) is 2.30. The number of hydrogen-bond donors (Lipinski definition) is 1. The maximum atomic E-state index is 12.0. The minimum atomic E-state index is -4.07. The van der Waals surface area contributed by atoms with Gasteiger partial charge in [-0.15, -0.1) is 0 Å². The SMILES string of the molecule is FC(F)(F)C[C@@H]1N[C@@H]1c1ccccc1. The van der Waals surface area contributed by atoms with Gasteiger partial charge in [0.25, 0.3) is 0 Å². The van der Waals surface area contributed by atoms with Crippen molar-refractivity contribution in [1.82, 2.24) is 5.32 Å². The molecule has 1 fully saturated rings. The third-order valence-corrected chi connectivity index (χ3v) is 2.30. The summed E-state index contributed by atoms with van der Waals surface area (Å²) in [6.07, 6.45) is -4.81. The van der Waals surface area contributed by atoms with Crippen molar-refractivity contribution in [2.75, 3.05) is 0 Å². The summed E-state index contributed by atoms with van der Waals surface area (Å²) in [6.45, 7) is 0. The molecule has 2 atom stereocenters. The van der Waals surface area contributed by atoms with Crippen molar-refractivity contribution < 1.29 is 13.2 Å². The maximum Gasteiger partial charge on any atom is 0.390 e. The first-order chi connectivity index (χ1) is 6.56. The van der Waals surface area contributed by atoms with Crippen molar-refractivity contribution in [2.45, 2.75) is 24.7 Å². The molecule has 1 aliphatic rings. The fourth-order valence-electron chi connectivity index (χ4n) is 1.59. The molecule has 1 aromatic rings. The summed E-state index contributed by atoms with van der Waals surface area (Å²) in [6, 6.07) is 8.65. The van der Waals surface area contributed by atoms with Crippen LogP contribution < -0.4 is 5.32 Å². The van der Waals surface area contributed by atoms with E-state index < -0.39 is 18.6 Å². The lowest BCUT2D eigenvalue weighted by atomic mass is 10.1. The minimum absolute atomic E-state index is 0.113. The summed E-state index contributed by atoms with van der Waals surface area (Å²) >= 11 is 0. The zero-order valence-electron chi connectivity index (χ0n) is 7.38. The number of alkyl halides is 3. The normalized spacial score (nSPS) is 26.2. The van der Waals surface area contributed by atoms with Gasteiger partial charge >= 0.3 is 6.18 Å². The summed E-state index contributed by atoms with van der Waals surface area (Å²) in [5.41, 5.74) is 0.932. The smallest absolute Gasteiger partial charge is 0.304 e. The highest BCUT2D eigenvalue weighted by atomic mass is 19.4. The fourth-order valence-corrected chi connectivity index (χ4v) is 1.59. The fraction of sp³-hybridized carbons (Fsp3) is 0.400. The molecular weight excluding hydrogens is 191 g/mol. The maximum absolute atomic E-state index is 12.0. The number of benzene rings is 1. The van der Waals surface area contributed by atoms with Crippen LogP contribution in [0, 0.1) is 0 Å². The van der Waals surface area contributed by atoms with Crippen LogP contribution in [0.3, 0.4) is 0 Å². The first kappa shape index (κ1) is 9.52. The molecule has 14 heavy (non-hydrogen) atoms. The molecule has 1 saturated heterocycles. The van der Waals surface area contributed by atoms with E-state index in [0.717, 1.165) is 5.56 Å². The van der Waals surface area contributed by atoms with Crippen LogP contribution in [0.25, 0.3) is 0 Å². The Morgan fingerprint density at radius 2 is 1.79 bits per heavy atom. The summed E-state index contributed by atoms with van der Waals surface area (Å²) < 4.78 is 36.0. The Morgan fingerprint density at radius 3 is 2.36 bits per heavy atom. The van der Waals surface area contributed by atoms with E-state index in [1.807, 2.05) is 30.3 Å². The molecule has 1 nitrogen and oxygen atoms in total. The van der Waals surface area contributed by atoms with Crippen LogP contribution in [-0.2, 0) is 0 Å². The van der Waals surface area contributed by atoms with Gasteiger partial charge < -0.3 is 5.32 Å². The summed E-state index contributed by atoms with van der Waals surface area (Å²) in [5.74, 6) is 0. The first-order valence-electron chi connectivity index (χ1n) is 4.44. The van der Waals surface area contributed by atoms with Crippen LogP contribution in [-0.4, -0.2) is 12.2 Å². The second-order valence-corrected chi connectivity index (χ2v) is 3.48. The van der Waals surface area contributed by atoms with E-state index in [1.165, 1.54) is 0 Å². The Balaban J connectivity index is 1.94. The van der Waals surface area contributed by atoms with Gasteiger partial charge in [0, 0.05) is 12.1 Å². The van der Waals surface area contributed by atoms with Gasteiger partial charge in [0.2, 0.25) is 0 Å². The van der Waals surface area contributed by atoms with E-state index in [9.17, 15) is 13.2 Å². The van der Waals surface area contributed by atoms with Crippen molar-refractivity contribution in [3.8, 4) is 0 Å².